The number of carbonyl (C=O) groups excluding carboxylic acids is 2. The van der Waals surface area contributed by atoms with Gasteiger partial charge in [0.25, 0.3) is 5.91 Å². The highest BCUT2D eigenvalue weighted by molar-refractivity contribution is 7.98. The van der Waals surface area contributed by atoms with Crippen LogP contribution in [0.15, 0.2) is 47.4 Å². The number of carbonyl (C=O) groups is 2. The molecule has 2 aromatic carbocycles. The number of benzene rings is 2. The Kier molecular flexibility index (Phi) is 6.23. The lowest BCUT2D eigenvalue weighted by Crippen LogP contribution is -2.31. The fourth-order valence-corrected chi connectivity index (χ4v) is 4.55. The molecule has 0 spiro atoms. The van der Waals surface area contributed by atoms with Crippen molar-refractivity contribution in [3.05, 3.63) is 53.7 Å². The third kappa shape index (κ3) is 4.14. The quantitative estimate of drug-likeness (QED) is 0.568. The summed E-state index contributed by atoms with van der Waals surface area (Å²) in [5, 5.41) is 3.91. The van der Waals surface area contributed by atoms with E-state index < -0.39 is 0 Å². The van der Waals surface area contributed by atoms with Gasteiger partial charge in [-0.2, -0.15) is 0 Å². The second-order valence-electron chi connectivity index (χ2n) is 7.64. The van der Waals surface area contributed by atoms with Crippen molar-refractivity contribution < 1.29 is 14.3 Å². The molecule has 0 radical (unpaired) electrons. The molecule has 7 heteroatoms. The third-order valence-electron chi connectivity index (χ3n) is 5.80. The van der Waals surface area contributed by atoms with Crippen LogP contribution in [0.1, 0.15) is 28.9 Å². The number of rotatable bonds is 7. The van der Waals surface area contributed by atoms with Crippen molar-refractivity contribution in [1.29, 1.82) is 0 Å². The second kappa shape index (κ2) is 9.06. The highest BCUT2D eigenvalue weighted by atomic mass is 32.2. The molecule has 1 aromatic heterocycles. The number of hydrogen-bond acceptors (Lipinski definition) is 4. The Hall–Kier alpha value is -2.93. The van der Waals surface area contributed by atoms with Gasteiger partial charge >= 0.3 is 0 Å². The van der Waals surface area contributed by atoms with E-state index in [2.05, 4.69) is 35.8 Å². The lowest BCUT2D eigenvalue weighted by molar-refractivity contribution is -0.117. The Labute approximate surface area is 186 Å². The van der Waals surface area contributed by atoms with Gasteiger partial charge in [-0.15, -0.1) is 11.8 Å². The molecule has 1 aliphatic rings. The van der Waals surface area contributed by atoms with Crippen LogP contribution in [0.3, 0.4) is 0 Å². The van der Waals surface area contributed by atoms with E-state index in [9.17, 15) is 9.59 Å². The number of aryl methyl sites for hydroxylation is 1. The normalized spacial score (nSPS) is 13.8. The molecule has 0 unspecified atom stereocenters. The smallest absolute Gasteiger partial charge is 0.270 e. The van der Waals surface area contributed by atoms with Crippen molar-refractivity contribution in [2.75, 3.05) is 31.4 Å². The van der Waals surface area contributed by atoms with E-state index in [0.29, 0.717) is 36.6 Å². The Morgan fingerprint density at radius 3 is 2.61 bits per heavy atom. The molecule has 1 N–H and O–H groups in total. The number of thioether (sulfide) groups is 1. The van der Waals surface area contributed by atoms with Crippen LogP contribution in [-0.2, 0) is 18.3 Å². The fourth-order valence-electron chi connectivity index (χ4n) is 4.15. The highest BCUT2D eigenvalue weighted by Crippen LogP contribution is 2.37. The molecular formula is C24H27N3O3S. The third-order valence-corrected chi connectivity index (χ3v) is 6.54. The maximum absolute atomic E-state index is 13.3. The van der Waals surface area contributed by atoms with Crippen LogP contribution in [0, 0.1) is 0 Å². The van der Waals surface area contributed by atoms with Crippen molar-refractivity contribution >= 4 is 40.2 Å². The molecular weight excluding hydrogens is 410 g/mol. The van der Waals surface area contributed by atoms with Crippen LogP contribution in [-0.4, -0.2) is 42.8 Å². The average molecular weight is 438 g/mol. The average Bonchev–Trinajstić information content (AvgIpc) is 3.33. The maximum Gasteiger partial charge on any atom is 0.270 e. The summed E-state index contributed by atoms with van der Waals surface area (Å²) < 4.78 is 7.27. The molecule has 0 saturated carbocycles. The molecule has 4 rings (SSSR count). The zero-order valence-corrected chi connectivity index (χ0v) is 18.9. The molecule has 1 fully saturated rings. The van der Waals surface area contributed by atoms with E-state index in [-0.39, 0.29) is 11.8 Å². The molecule has 6 nitrogen and oxygen atoms in total. The Morgan fingerprint density at radius 1 is 1.19 bits per heavy atom. The van der Waals surface area contributed by atoms with E-state index in [0.717, 1.165) is 23.7 Å². The number of fused-ring (bicyclic) bond motifs is 1. The molecule has 0 atom stereocenters. The van der Waals surface area contributed by atoms with E-state index in [1.165, 1.54) is 10.5 Å². The zero-order chi connectivity index (χ0) is 22.0. The number of nitrogens with zero attached hydrogens (tertiary/aromatic N) is 2. The van der Waals surface area contributed by atoms with Crippen LogP contribution in [0.4, 0.5) is 5.69 Å². The van der Waals surface area contributed by atoms with Crippen molar-refractivity contribution in [3.8, 4) is 5.75 Å². The first kappa shape index (κ1) is 21.3. The van der Waals surface area contributed by atoms with E-state index >= 15 is 0 Å². The van der Waals surface area contributed by atoms with E-state index in [1.807, 2.05) is 29.8 Å². The van der Waals surface area contributed by atoms with Gasteiger partial charge in [-0.3, -0.25) is 9.59 Å². The van der Waals surface area contributed by atoms with Crippen molar-refractivity contribution in [3.63, 3.8) is 0 Å². The molecule has 1 saturated heterocycles. The molecule has 2 heterocycles. The predicted molar refractivity (Wildman–Crippen MR) is 125 cm³/mol. The Bertz CT molecular complexity index is 1120. The zero-order valence-electron chi connectivity index (χ0n) is 18.1. The lowest BCUT2D eigenvalue weighted by Gasteiger charge is -2.18. The summed E-state index contributed by atoms with van der Waals surface area (Å²) in [7, 11) is 3.49. The summed E-state index contributed by atoms with van der Waals surface area (Å²) in [6.45, 7) is 1.15. The van der Waals surface area contributed by atoms with E-state index in [1.54, 1.807) is 23.8 Å². The molecule has 162 valence electrons. The van der Waals surface area contributed by atoms with Gasteiger partial charge in [0.1, 0.15) is 11.4 Å². The van der Waals surface area contributed by atoms with Crippen LogP contribution < -0.4 is 15.0 Å². The molecule has 2 amide bonds. The minimum Gasteiger partial charge on any atom is -0.497 e. The number of anilines is 1. The van der Waals surface area contributed by atoms with Gasteiger partial charge in [-0.25, -0.2) is 0 Å². The summed E-state index contributed by atoms with van der Waals surface area (Å²) in [6.07, 6.45) is 4.10. The SMILES string of the molecule is COc1ccc2c(c1)c(N1CCCC1=O)c(C(=O)NCCc1ccc(SC)cc1)n2C. The standard InChI is InChI=1S/C24H27N3O3S/c1-26-20-11-8-17(30-2)15-19(20)22(27-14-4-5-21(27)28)23(26)24(29)25-13-12-16-6-9-18(31-3)10-7-16/h6-11,15H,4-5,12-14H2,1-3H3,(H,25,29). The summed E-state index contributed by atoms with van der Waals surface area (Å²) in [5.41, 5.74) is 3.26. The van der Waals surface area contributed by atoms with Crippen LogP contribution in [0.5, 0.6) is 5.75 Å². The largest absolute Gasteiger partial charge is 0.497 e. The van der Waals surface area contributed by atoms with Gasteiger partial charge in [0.05, 0.1) is 18.3 Å². The van der Waals surface area contributed by atoms with Crippen LogP contribution in [0.25, 0.3) is 10.9 Å². The second-order valence-corrected chi connectivity index (χ2v) is 8.52. The van der Waals surface area contributed by atoms with Crippen LogP contribution >= 0.6 is 11.8 Å². The number of nitrogens with one attached hydrogen (secondary N) is 1. The van der Waals surface area contributed by atoms with Crippen molar-refractivity contribution in [2.45, 2.75) is 24.2 Å². The summed E-state index contributed by atoms with van der Waals surface area (Å²) in [6, 6.07) is 14.1. The number of methoxy groups -OCH3 is 1. The minimum absolute atomic E-state index is 0.0539. The summed E-state index contributed by atoms with van der Waals surface area (Å²) in [5.74, 6) is 0.581. The molecule has 3 aromatic rings. The minimum atomic E-state index is -0.173. The first-order valence-electron chi connectivity index (χ1n) is 10.4. The molecule has 31 heavy (non-hydrogen) atoms. The lowest BCUT2D eigenvalue weighted by atomic mass is 10.1. The van der Waals surface area contributed by atoms with Gasteiger partial charge < -0.3 is 19.5 Å². The Morgan fingerprint density at radius 2 is 1.97 bits per heavy atom. The predicted octanol–water partition coefficient (Wildman–Crippen LogP) is 4.01. The van der Waals surface area contributed by atoms with Crippen molar-refractivity contribution in [2.24, 2.45) is 7.05 Å². The first-order chi connectivity index (χ1) is 15.0. The summed E-state index contributed by atoms with van der Waals surface area (Å²) in [4.78, 5) is 28.8. The Balaban J connectivity index is 1.62. The van der Waals surface area contributed by atoms with Gasteiger partial charge in [-0.1, -0.05) is 12.1 Å². The van der Waals surface area contributed by atoms with Crippen molar-refractivity contribution in [1.82, 2.24) is 9.88 Å². The van der Waals surface area contributed by atoms with Gasteiger partial charge in [0.2, 0.25) is 5.91 Å². The molecule has 0 bridgehead atoms. The number of amides is 2. The first-order valence-corrected chi connectivity index (χ1v) is 11.6. The monoisotopic (exact) mass is 437 g/mol. The number of ether oxygens (including phenoxy) is 1. The van der Waals surface area contributed by atoms with Crippen LogP contribution in [0.2, 0.25) is 0 Å². The maximum atomic E-state index is 13.3. The molecule has 1 aliphatic heterocycles. The molecule has 0 aliphatic carbocycles. The van der Waals surface area contributed by atoms with Gasteiger partial charge in [0.15, 0.2) is 0 Å². The number of hydrogen-bond donors (Lipinski definition) is 1. The topological polar surface area (TPSA) is 63.6 Å². The fraction of sp³-hybridized carbons (Fsp3) is 0.333. The number of aromatic nitrogens is 1. The van der Waals surface area contributed by atoms with Gasteiger partial charge in [0, 0.05) is 36.8 Å². The highest BCUT2D eigenvalue weighted by Gasteiger charge is 2.31. The van der Waals surface area contributed by atoms with Gasteiger partial charge in [-0.05, 0) is 55.0 Å². The van der Waals surface area contributed by atoms with E-state index in [4.69, 9.17) is 4.74 Å². The summed E-state index contributed by atoms with van der Waals surface area (Å²) >= 11 is 1.71.